The summed E-state index contributed by atoms with van der Waals surface area (Å²) in [4.78, 5) is 36.4. The zero-order valence-corrected chi connectivity index (χ0v) is 20.3. The second-order valence-corrected chi connectivity index (χ2v) is 9.00. The molecule has 8 nitrogen and oxygen atoms in total. The normalized spacial score (nSPS) is 12.9. The number of amides is 2. The van der Waals surface area contributed by atoms with Gasteiger partial charge in [0.1, 0.15) is 6.61 Å². The summed E-state index contributed by atoms with van der Waals surface area (Å²) >= 11 is 3.29. The zero-order chi connectivity index (χ0) is 25.1. The number of rotatable bonds is 7. The van der Waals surface area contributed by atoms with Crippen molar-refractivity contribution < 1.29 is 29.3 Å². The number of nitrogens with one attached hydrogen (secondary N) is 2. The van der Waals surface area contributed by atoms with Gasteiger partial charge < -0.3 is 20.3 Å². The van der Waals surface area contributed by atoms with E-state index in [0.29, 0.717) is 15.7 Å². The van der Waals surface area contributed by atoms with Crippen LogP contribution in [0.25, 0.3) is 11.1 Å². The minimum Gasteiger partial charge on any atom is -0.480 e. The number of carboxylic acids is 1. The van der Waals surface area contributed by atoms with E-state index >= 15 is 0 Å². The molecule has 1 aliphatic carbocycles. The molecule has 3 aromatic carbocycles. The van der Waals surface area contributed by atoms with Gasteiger partial charge in [-0.15, -0.1) is 0 Å². The lowest BCUT2D eigenvalue weighted by molar-refractivity contribution is -0.140. The van der Waals surface area contributed by atoms with E-state index in [4.69, 9.17) is 14.9 Å². The number of carbonyl (C=O) groups is 3. The van der Waals surface area contributed by atoms with E-state index in [9.17, 15) is 14.4 Å². The maximum Gasteiger partial charge on any atom is 0.411 e. The van der Waals surface area contributed by atoms with Crippen molar-refractivity contribution in [3.63, 3.8) is 0 Å². The number of carbonyl (C=O) groups excluding carboxylic acids is 2. The van der Waals surface area contributed by atoms with Crippen LogP contribution in [0.1, 0.15) is 33.0 Å². The number of hydrogen-bond acceptors (Lipinski definition) is 5. The SMILES string of the molecule is Cc1cc(Br)c(C(=O)NC(CO)C(=O)O)cc1NC(=O)OCC1c2ccccc2-c2ccccc21. The van der Waals surface area contributed by atoms with Crippen LogP contribution in [0.5, 0.6) is 0 Å². The average Bonchev–Trinajstić information content (AvgIpc) is 3.16. The number of fused-ring (bicyclic) bond motifs is 3. The Morgan fingerprint density at radius 2 is 1.63 bits per heavy atom. The predicted molar refractivity (Wildman–Crippen MR) is 134 cm³/mol. The molecule has 0 spiro atoms. The Morgan fingerprint density at radius 3 is 2.20 bits per heavy atom. The van der Waals surface area contributed by atoms with Gasteiger partial charge in [-0.2, -0.15) is 0 Å². The van der Waals surface area contributed by atoms with Gasteiger partial charge in [0.05, 0.1) is 12.2 Å². The lowest BCUT2D eigenvalue weighted by Crippen LogP contribution is -2.43. The summed E-state index contributed by atoms with van der Waals surface area (Å²) in [5.41, 5.74) is 5.54. The van der Waals surface area contributed by atoms with Crippen LogP contribution in [0.4, 0.5) is 10.5 Å². The first-order chi connectivity index (χ1) is 16.8. The molecule has 0 bridgehead atoms. The molecule has 0 aliphatic heterocycles. The van der Waals surface area contributed by atoms with Crippen LogP contribution in [0.15, 0.2) is 65.1 Å². The third kappa shape index (κ3) is 5.06. The molecule has 0 heterocycles. The summed E-state index contributed by atoms with van der Waals surface area (Å²) in [6, 6.07) is 17.6. The Balaban J connectivity index is 1.48. The van der Waals surface area contributed by atoms with E-state index < -0.39 is 30.6 Å². The molecule has 1 atom stereocenters. The summed E-state index contributed by atoms with van der Waals surface area (Å²) in [6.07, 6.45) is -0.678. The Labute approximate surface area is 210 Å². The summed E-state index contributed by atoms with van der Waals surface area (Å²) < 4.78 is 5.98. The highest BCUT2D eigenvalue weighted by Gasteiger charge is 2.29. The van der Waals surface area contributed by atoms with Gasteiger partial charge >= 0.3 is 12.1 Å². The van der Waals surface area contributed by atoms with Gasteiger partial charge in [-0.25, -0.2) is 9.59 Å². The topological polar surface area (TPSA) is 125 Å². The van der Waals surface area contributed by atoms with Crippen LogP contribution in [0.2, 0.25) is 0 Å². The molecule has 0 fully saturated rings. The summed E-state index contributed by atoms with van der Waals surface area (Å²) in [5, 5.41) is 23.1. The molecule has 180 valence electrons. The van der Waals surface area contributed by atoms with Crippen molar-refractivity contribution >= 4 is 39.6 Å². The van der Waals surface area contributed by atoms with E-state index in [0.717, 1.165) is 22.3 Å². The van der Waals surface area contributed by atoms with Crippen LogP contribution >= 0.6 is 15.9 Å². The van der Waals surface area contributed by atoms with E-state index in [-0.39, 0.29) is 18.1 Å². The number of aryl methyl sites for hydroxylation is 1. The molecule has 3 aromatic rings. The van der Waals surface area contributed by atoms with Gasteiger partial charge in [-0.3, -0.25) is 10.1 Å². The fourth-order valence-electron chi connectivity index (χ4n) is 4.15. The van der Waals surface area contributed by atoms with Crippen molar-refractivity contribution in [2.45, 2.75) is 18.9 Å². The molecule has 0 saturated carbocycles. The number of carboxylic acid groups (broad SMARTS) is 1. The quantitative estimate of drug-likeness (QED) is 0.355. The number of ether oxygens (including phenoxy) is 1. The lowest BCUT2D eigenvalue weighted by atomic mass is 9.98. The van der Waals surface area contributed by atoms with Gasteiger partial charge in [-0.05, 0) is 62.8 Å². The number of halogens is 1. The number of aliphatic hydroxyl groups excluding tert-OH is 1. The smallest absolute Gasteiger partial charge is 0.411 e. The number of aliphatic hydroxyl groups is 1. The van der Waals surface area contributed by atoms with Gasteiger partial charge in [0.25, 0.3) is 5.91 Å². The molecular formula is C26H23BrN2O6. The van der Waals surface area contributed by atoms with Crippen molar-refractivity contribution in [2.75, 3.05) is 18.5 Å². The average molecular weight is 539 g/mol. The molecular weight excluding hydrogens is 516 g/mol. The van der Waals surface area contributed by atoms with Crippen molar-refractivity contribution in [3.05, 3.63) is 87.4 Å². The van der Waals surface area contributed by atoms with Crippen LogP contribution < -0.4 is 10.6 Å². The summed E-state index contributed by atoms with van der Waals surface area (Å²) in [6.45, 7) is 1.13. The van der Waals surface area contributed by atoms with Crippen molar-refractivity contribution in [3.8, 4) is 11.1 Å². The Morgan fingerprint density at radius 1 is 1.03 bits per heavy atom. The molecule has 35 heavy (non-hydrogen) atoms. The van der Waals surface area contributed by atoms with Gasteiger partial charge in [-0.1, -0.05) is 48.5 Å². The van der Waals surface area contributed by atoms with Crippen LogP contribution in [0, 0.1) is 6.92 Å². The van der Waals surface area contributed by atoms with Crippen LogP contribution in [-0.4, -0.2) is 47.4 Å². The third-order valence-corrected chi connectivity index (χ3v) is 6.58. The van der Waals surface area contributed by atoms with Gasteiger partial charge in [0.2, 0.25) is 0 Å². The minimum atomic E-state index is -1.45. The molecule has 9 heteroatoms. The second-order valence-electron chi connectivity index (χ2n) is 8.14. The molecule has 0 saturated heterocycles. The van der Waals surface area contributed by atoms with E-state index in [1.165, 1.54) is 6.07 Å². The Hall–Kier alpha value is -3.69. The molecule has 1 aliphatic rings. The molecule has 0 radical (unpaired) electrons. The number of hydrogen-bond donors (Lipinski definition) is 4. The third-order valence-electron chi connectivity index (χ3n) is 5.93. The van der Waals surface area contributed by atoms with Crippen molar-refractivity contribution in [1.82, 2.24) is 5.32 Å². The van der Waals surface area contributed by atoms with Gasteiger partial charge in [0, 0.05) is 16.1 Å². The fourth-order valence-corrected chi connectivity index (χ4v) is 4.79. The first-order valence-corrected chi connectivity index (χ1v) is 11.7. The molecule has 1 unspecified atom stereocenters. The van der Waals surface area contributed by atoms with Crippen LogP contribution in [-0.2, 0) is 9.53 Å². The van der Waals surface area contributed by atoms with Crippen LogP contribution in [0.3, 0.4) is 0 Å². The standard InChI is InChI=1S/C26H23BrN2O6/c1-14-10-21(27)19(24(31)28-23(12-30)25(32)33)11-22(14)29-26(34)35-13-20-17-8-4-2-6-15(17)16-7-3-5-9-18(16)20/h2-11,20,23,30H,12-13H2,1H3,(H,28,31)(H,29,34)(H,32,33). The summed E-state index contributed by atoms with van der Waals surface area (Å²) in [7, 11) is 0. The summed E-state index contributed by atoms with van der Waals surface area (Å²) in [5.74, 6) is -2.16. The monoisotopic (exact) mass is 538 g/mol. The van der Waals surface area contributed by atoms with Crippen molar-refractivity contribution in [1.29, 1.82) is 0 Å². The Kier molecular flexibility index (Phi) is 7.18. The Bertz CT molecular complexity index is 1260. The minimum absolute atomic E-state index is 0.0908. The maximum atomic E-state index is 12.7. The van der Waals surface area contributed by atoms with E-state index in [1.807, 2.05) is 36.4 Å². The fraction of sp³-hybridized carbons (Fsp3) is 0.192. The maximum absolute atomic E-state index is 12.7. The first-order valence-electron chi connectivity index (χ1n) is 10.9. The zero-order valence-electron chi connectivity index (χ0n) is 18.7. The second kappa shape index (κ2) is 10.3. The highest BCUT2D eigenvalue weighted by atomic mass is 79.9. The van der Waals surface area contributed by atoms with Crippen molar-refractivity contribution in [2.24, 2.45) is 0 Å². The van der Waals surface area contributed by atoms with Gasteiger partial charge in [0.15, 0.2) is 6.04 Å². The largest absolute Gasteiger partial charge is 0.480 e. The predicted octanol–water partition coefficient (Wildman–Crippen LogP) is 4.29. The molecule has 4 rings (SSSR count). The van der Waals surface area contributed by atoms with E-state index in [1.54, 1.807) is 13.0 Å². The molecule has 4 N–H and O–H groups in total. The highest BCUT2D eigenvalue weighted by molar-refractivity contribution is 9.10. The molecule has 0 aromatic heterocycles. The number of benzene rings is 3. The highest BCUT2D eigenvalue weighted by Crippen LogP contribution is 2.44. The van der Waals surface area contributed by atoms with E-state index in [2.05, 4.69) is 38.7 Å². The number of anilines is 1. The number of aliphatic carboxylic acids is 1. The first kappa shape index (κ1) is 24.4. The lowest BCUT2D eigenvalue weighted by Gasteiger charge is -2.17. The molecule has 2 amide bonds.